The fraction of sp³-hybridized carbons (Fsp3) is 0.235. The Bertz CT molecular complexity index is 609. The Balaban J connectivity index is 1.93. The van der Waals surface area contributed by atoms with Crippen molar-refractivity contribution in [3.8, 4) is 5.75 Å². The number of carbonyl (C=O) groups excluding carboxylic acids is 1. The van der Waals surface area contributed by atoms with Crippen LogP contribution in [0.2, 0.25) is 0 Å². The van der Waals surface area contributed by atoms with Crippen molar-refractivity contribution in [2.75, 3.05) is 12.5 Å². The third kappa shape index (κ3) is 4.53. The van der Waals surface area contributed by atoms with E-state index < -0.39 is 6.16 Å². The van der Waals surface area contributed by atoms with E-state index in [1.54, 1.807) is 0 Å². The highest BCUT2D eigenvalue weighted by Gasteiger charge is 2.13. The highest BCUT2D eigenvalue weighted by Crippen LogP contribution is 2.22. The van der Waals surface area contributed by atoms with E-state index in [0.29, 0.717) is 5.75 Å². The van der Waals surface area contributed by atoms with E-state index in [9.17, 15) is 4.79 Å². The maximum absolute atomic E-state index is 11.7. The summed E-state index contributed by atoms with van der Waals surface area (Å²) in [6.45, 7) is 2.14. The molecular weight excluding hydrogens is 284 g/mol. The smallest absolute Gasteiger partial charge is 0.429 e. The van der Waals surface area contributed by atoms with Gasteiger partial charge in [0, 0.05) is 10.9 Å². The molecule has 0 saturated heterocycles. The number of carbonyl (C=O) groups is 1. The molecular formula is C17H19O3S+. The summed E-state index contributed by atoms with van der Waals surface area (Å²) < 4.78 is 10.3. The van der Waals surface area contributed by atoms with E-state index in [0.717, 1.165) is 11.1 Å². The molecule has 110 valence electrons. The Labute approximate surface area is 128 Å². The molecule has 0 N–H and O–H groups in total. The van der Waals surface area contributed by atoms with Crippen LogP contribution < -0.4 is 4.74 Å². The van der Waals surface area contributed by atoms with Gasteiger partial charge in [0.2, 0.25) is 0 Å². The Hall–Kier alpha value is -1.94. The minimum atomic E-state index is -0.679. The van der Waals surface area contributed by atoms with Crippen LogP contribution in [0.3, 0.4) is 0 Å². The largest absolute Gasteiger partial charge is 0.514 e. The molecule has 4 heteroatoms. The lowest BCUT2D eigenvalue weighted by Crippen LogP contribution is -2.11. The molecule has 0 radical (unpaired) electrons. The predicted molar refractivity (Wildman–Crippen MR) is 85.9 cm³/mol. The number of aryl methyl sites for hydroxylation is 1. The van der Waals surface area contributed by atoms with Gasteiger partial charge in [0.25, 0.3) is 0 Å². The van der Waals surface area contributed by atoms with E-state index in [-0.39, 0.29) is 17.5 Å². The van der Waals surface area contributed by atoms with Crippen LogP contribution in [0.15, 0.2) is 53.4 Å². The van der Waals surface area contributed by atoms with Crippen LogP contribution in [-0.2, 0) is 22.2 Å². The topological polar surface area (TPSA) is 35.5 Å². The van der Waals surface area contributed by atoms with Crippen molar-refractivity contribution in [1.82, 2.24) is 0 Å². The Morgan fingerprint density at radius 1 is 1.10 bits per heavy atom. The van der Waals surface area contributed by atoms with Gasteiger partial charge in [-0.25, -0.2) is 4.79 Å². The van der Waals surface area contributed by atoms with E-state index >= 15 is 0 Å². The number of benzene rings is 2. The molecule has 3 nitrogen and oxygen atoms in total. The van der Waals surface area contributed by atoms with E-state index in [1.165, 1.54) is 4.90 Å². The van der Waals surface area contributed by atoms with Crippen LogP contribution >= 0.6 is 0 Å². The molecule has 0 aliphatic rings. The van der Waals surface area contributed by atoms with Crippen molar-refractivity contribution in [3.05, 3.63) is 59.7 Å². The summed E-state index contributed by atoms with van der Waals surface area (Å²) in [5, 5.41) is 0. The number of hydrogen-bond donors (Lipinski definition) is 0. The third-order valence-electron chi connectivity index (χ3n) is 3.01. The van der Waals surface area contributed by atoms with Crippen LogP contribution in [0.1, 0.15) is 11.1 Å². The van der Waals surface area contributed by atoms with Crippen molar-refractivity contribution in [2.24, 2.45) is 0 Å². The standard InChI is InChI=1S/C17H19O3S/c1-13-11-15(21(2)3)9-10-16(13)20-17(18)19-12-14-7-5-4-6-8-14/h4-11H,12H2,1-3H3/q+1. The van der Waals surface area contributed by atoms with Crippen molar-refractivity contribution in [3.63, 3.8) is 0 Å². The summed E-state index contributed by atoms with van der Waals surface area (Å²) in [6.07, 6.45) is 3.63. The summed E-state index contributed by atoms with van der Waals surface area (Å²) in [7, 11) is 0.190. The van der Waals surface area contributed by atoms with Gasteiger partial charge in [0.1, 0.15) is 24.9 Å². The fourth-order valence-electron chi connectivity index (χ4n) is 1.83. The van der Waals surface area contributed by atoms with Gasteiger partial charge in [-0.3, -0.25) is 0 Å². The number of hydrogen-bond acceptors (Lipinski definition) is 3. The minimum Gasteiger partial charge on any atom is -0.429 e. The second-order valence-corrected chi connectivity index (χ2v) is 6.97. The lowest BCUT2D eigenvalue weighted by Gasteiger charge is -2.08. The van der Waals surface area contributed by atoms with Crippen molar-refractivity contribution in [2.45, 2.75) is 18.4 Å². The first-order valence-electron chi connectivity index (χ1n) is 6.63. The van der Waals surface area contributed by atoms with Crippen LogP contribution in [0.4, 0.5) is 4.79 Å². The first kappa shape index (κ1) is 15.4. The van der Waals surface area contributed by atoms with E-state index in [4.69, 9.17) is 9.47 Å². The van der Waals surface area contributed by atoms with Crippen molar-refractivity contribution in [1.29, 1.82) is 0 Å². The molecule has 0 saturated carbocycles. The lowest BCUT2D eigenvalue weighted by molar-refractivity contribution is 0.0925. The average Bonchev–Trinajstić information content (AvgIpc) is 2.48. The van der Waals surface area contributed by atoms with Gasteiger partial charge >= 0.3 is 6.16 Å². The highest BCUT2D eigenvalue weighted by molar-refractivity contribution is 7.95. The van der Waals surface area contributed by atoms with Crippen LogP contribution in [0, 0.1) is 6.92 Å². The molecule has 0 amide bonds. The minimum absolute atomic E-state index is 0.190. The third-order valence-corrected chi connectivity index (χ3v) is 4.21. The van der Waals surface area contributed by atoms with Gasteiger partial charge in [0.15, 0.2) is 4.90 Å². The Kier molecular flexibility index (Phi) is 5.28. The maximum Gasteiger partial charge on any atom is 0.514 e. The van der Waals surface area contributed by atoms with Crippen molar-refractivity contribution >= 4 is 17.1 Å². The molecule has 2 rings (SSSR count). The monoisotopic (exact) mass is 303 g/mol. The van der Waals surface area contributed by atoms with E-state index in [2.05, 4.69) is 12.5 Å². The normalized spacial score (nSPS) is 10.5. The summed E-state index contributed by atoms with van der Waals surface area (Å²) in [5.41, 5.74) is 1.87. The molecule has 0 aromatic heterocycles. The van der Waals surface area contributed by atoms with Crippen molar-refractivity contribution < 1.29 is 14.3 Å². The van der Waals surface area contributed by atoms with Gasteiger partial charge in [-0.15, -0.1) is 0 Å². The molecule has 0 heterocycles. The molecule has 0 aliphatic carbocycles. The SMILES string of the molecule is Cc1cc([S+](C)C)ccc1OC(=O)OCc1ccccc1. The van der Waals surface area contributed by atoms with Crippen LogP contribution in [0.5, 0.6) is 5.75 Å². The van der Waals surface area contributed by atoms with Gasteiger partial charge in [-0.1, -0.05) is 30.3 Å². The molecule has 21 heavy (non-hydrogen) atoms. The summed E-state index contributed by atoms with van der Waals surface area (Å²) in [4.78, 5) is 13.0. The predicted octanol–water partition coefficient (Wildman–Crippen LogP) is 3.95. The quantitative estimate of drug-likeness (QED) is 0.487. The summed E-state index contributed by atoms with van der Waals surface area (Å²) in [5.74, 6) is 0.544. The lowest BCUT2D eigenvalue weighted by atomic mass is 10.2. The van der Waals surface area contributed by atoms with Gasteiger partial charge in [-0.2, -0.15) is 0 Å². The first-order valence-corrected chi connectivity index (χ1v) is 8.67. The van der Waals surface area contributed by atoms with Crippen LogP contribution in [-0.4, -0.2) is 18.7 Å². The zero-order valence-corrected chi connectivity index (χ0v) is 13.3. The van der Waals surface area contributed by atoms with Crippen LogP contribution in [0.25, 0.3) is 0 Å². The van der Waals surface area contributed by atoms with E-state index in [1.807, 2.05) is 55.5 Å². The molecule has 0 atom stereocenters. The summed E-state index contributed by atoms with van der Waals surface area (Å²) in [6, 6.07) is 15.4. The second-order valence-electron chi connectivity index (χ2n) is 4.87. The molecule has 0 aliphatic heterocycles. The fourth-order valence-corrected chi connectivity index (χ4v) is 2.58. The average molecular weight is 303 g/mol. The molecule has 0 unspecified atom stereocenters. The van der Waals surface area contributed by atoms with Gasteiger partial charge in [0.05, 0.1) is 0 Å². The molecule has 2 aromatic rings. The summed E-state index contributed by atoms with van der Waals surface area (Å²) >= 11 is 0. The Morgan fingerprint density at radius 3 is 2.43 bits per heavy atom. The second kappa shape index (κ2) is 7.18. The maximum atomic E-state index is 11.7. The number of rotatable bonds is 4. The van der Waals surface area contributed by atoms with Gasteiger partial charge < -0.3 is 9.47 Å². The number of ether oxygens (including phenoxy) is 2. The Morgan fingerprint density at radius 2 is 1.81 bits per heavy atom. The highest BCUT2D eigenvalue weighted by atomic mass is 32.2. The molecule has 0 spiro atoms. The van der Waals surface area contributed by atoms with Gasteiger partial charge in [-0.05, 0) is 36.2 Å². The first-order chi connectivity index (χ1) is 10.1. The zero-order valence-electron chi connectivity index (χ0n) is 12.5. The molecule has 0 fully saturated rings. The zero-order chi connectivity index (χ0) is 15.2. The molecule has 2 aromatic carbocycles. The molecule has 0 bridgehead atoms.